The Morgan fingerprint density at radius 3 is 2.29 bits per heavy atom. The molecule has 0 aliphatic heterocycles. The van der Waals surface area contributed by atoms with Crippen molar-refractivity contribution in [1.82, 2.24) is 5.32 Å². The van der Waals surface area contributed by atoms with Gasteiger partial charge in [-0.25, -0.2) is 4.39 Å². The van der Waals surface area contributed by atoms with Crippen LogP contribution in [0.3, 0.4) is 0 Å². The highest BCUT2D eigenvalue weighted by molar-refractivity contribution is 6.31. The molecule has 0 amide bonds. The van der Waals surface area contributed by atoms with E-state index in [1.54, 1.807) is 6.07 Å². The molecule has 4 heteroatoms. The molecule has 0 saturated carbocycles. The van der Waals surface area contributed by atoms with Gasteiger partial charge < -0.3 is 5.32 Å². The Labute approximate surface area is 135 Å². The molecule has 0 aliphatic rings. The minimum absolute atomic E-state index is 0.306. The monoisotopic (exact) mass is 325 g/mol. The summed E-state index contributed by atoms with van der Waals surface area (Å²) in [5.74, 6) is 0.0397. The van der Waals surface area contributed by atoms with E-state index in [-0.39, 0.29) is 5.82 Å². The van der Waals surface area contributed by atoms with Gasteiger partial charge in [0.15, 0.2) is 0 Å². The van der Waals surface area contributed by atoms with Crippen LogP contribution in [0, 0.1) is 11.7 Å². The summed E-state index contributed by atoms with van der Waals surface area (Å²) in [4.78, 5) is 0. The van der Waals surface area contributed by atoms with E-state index in [4.69, 9.17) is 23.2 Å². The third-order valence-electron chi connectivity index (χ3n) is 3.48. The summed E-state index contributed by atoms with van der Waals surface area (Å²) in [6.45, 7) is 0.846. The highest BCUT2D eigenvalue weighted by Gasteiger charge is 2.14. The summed E-state index contributed by atoms with van der Waals surface area (Å²) in [6.07, 6.45) is 1.64. The van der Waals surface area contributed by atoms with Crippen LogP contribution in [0.25, 0.3) is 0 Å². The zero-order chi connectivity index (χ0) is 15.2. The normalized spacial score (nSPS) is 12.4. The van der Waals surface area contributed by atoms with Gasteiger partial charge >= 0.3 is 0 Å². The van der Waals surface area contributed by atoms with Crippen molar-refractivity contribution in [2.45, 2.75) is 12.8 Å². The van der Waals surface area contributed by atoms with Gasteiger partial charge in [0, 0.05) is 10.0 Å². The zero-order valence-electron chi connectivity index (χ0n) is 11.9. The van der Waals surface area contributed by atoms with E-state index in [1.165, 1.54) is 12.1 Å². The fourth-order valence-corrected chi connectivity index (χ4v) is 2.94. The maximum Gasteiger partial charge on any atom is 0.124 e. The highest BCUT2D eigenvalue weighted by Crippen LogP contribution is 2.24. The van der Waals surface area contributed by atoms with Crippen LogP contribution in [0.1, 0.15) is 11.1 Å². The molecule has 2 aromatic carbocycles. The van der Waals surface area contributed by atoms with Crippen molar-refractivity contribution in [3.05, 3.63) is 69.5 Å². The Morgan fingerprint density at radius 1 is 1.00 bits per heavy atom. The predicted molar refractivity (Wildman–Crippen MR) is 87.7 cm³/mol. The Hall–Kier alpha value is -1.09. The van der Waals surface area contributed by atoms with Crippen LogP contribution in [-0.4, -0.2) is 13.6 Å². The second-order valence-electron chi connectivity index (χ2n) is 5.16. The van der Waals surface area contributed by atoms with Crippen LogP contribution in [0.5, 0.6) is 0 Å². The summed E-state index contributed by atoms with van der Waals surface area (Å²) in [5, 5.41) is 4.46. The van der Waals surface area contributed by atoms with Gasteiger partial charge in [0.2, 0.25) is 0 Å². The summed E-state index contributed by atoms with van der Waals surface area (Å²) in [5.41, 5.74) is 2.09. The Morgan fingerprint density at radius 2 is 1.67 bits per heavy atom. The molecular weight excluding hydrogens is 308 g/mol. The van der Waals surface area contributed by atoms with Crippen LogP contribution in [0.15, 0.2) is 42.5 Å². The number of halogens is 3. The van der Waals surface area contributed by atoms with Crippen molar-refractivity contribution in [3.8, 4) is 0 Å². The Balaban J connectivity index is 2.14. The standard InChI is InChI=1S/C17H18Cl2FN/c1-21-11-12(8-13-4-2-3-5-16(13)18)9-14-6-7-15(20)10-17(14)19/h2-7,10,12,21H,8-9,11H2,1H3. The van der Waals surface area contributed by atoms with Crippen molar-refractivity contribution in [2.75, 3.05) is 13.6 Å². The first kappa shape index (κ1) is 16.3. The van der Waals surface area contributed by atoms with Crippen LogP contribution in [-0.2, 0) is 12.8 Å². The van der Waals surface area contributed by atoms with Crippen LogP contribution in [0.2, 0.25) is 10.0 Å². The lowest BCUT2D eigenvalue weighted by Gasteiger charge is -2.18. The largest absolute Gasteiger partial charge is 0.319 e. The molecule has 1 nitrogen and oxygen atoms in total. The topological polar surface area (TPSA) is 12.0 Å². The van der Waals surface area contributed by atoms with E-state index in [0.717, 1.165) is 35.5 Å². The average Bonchev–Trinajstić information content (AvgIpc) is 2.44. The smallest absolute Gasteiger partial charge is 0.124 e. The van der Waals surface area contributed by atoms with Crippen LogP contribution >= 0.6 is 23.2 Å². The molecule has 21 heavy (non-hydrogen) atoms. The maximum absolute atomic E-state index is 13.1. The van der Waals surface area contributed by atoms with Gasteiger partial charge in [-0.2, -0.15) is 0 Å². The summed E-state index contributed by atoms with van der Waals surface area (Å²) in [6, 6.07) is 12.4. The molecule has 2 rings (SSSR count). The molecule has 0 aliphatic carbocycles. The predicted octanol–water partition coefficient (Wildman–Crippen LogP) is 4.75. The van der Waals surface area contributed by atoms with Crippen molar-refractivity contribution in [3.63, 3.8) is 0 Å². The van der Waals surface area contributed by atoms with Crippen molar-refractivity contribution < 1.29 is 4.39 Å². The number of nitrogens with one attached hydrogen (secondary N) is 1. The number of benzene rings is 2. The number of rotatable bonds is 6. The van der Waals surface area contributed by atoms with Crippen LogP contribution < -0.4 is 5.32 Å². The van der Waals surface area contributed by atoms with Gasteiger partial charge in [0.25, 0.3) is 0 Å². The molecule has 0 bridgehead atoms. The zero-order valence-corrected chi connectivity index (χ0v) is 13.4. The summed E-state index contributed by atoms with van der Waals surface area (Å²) < 4.78 is 13.1. The van der Waals surface area contributed by atoms with Crippen molar-refractivity contribution >= 4 is 23.2 Å². The highest BCUT2D eigenvalue weighted by atomic mass is 35.5. The lowest BCUT2D eigenvalue weighted by molar-refractivity contribution is 0.493. The fraction of sp³-hybridized carbons (Fsp3) is 0.294. The first-order valence-corrected chi connectivity index (χ1v) is 7.67. The molecule has 1 N–H and O–H groups in total. The first-order chi connectivity index (χ1) is 10.1. The lowest BCUT2D eigenvalue weighted by Crippen LogP contribution is -2.23. The Bertz CT molecular complexity index is 601. The minimum Gasteiger partial charge on any atom is -0.319 e. The summed E-state index contributed by atoms with van der Waals surface area (Å²) >= 11 is 12.3. The van der Waals surface area contributed by atoms with E-state index in [1.807, 2.05) is 31.3 Å². The molecule has 0 fully saturated rings. The first-order valence-electron chi connectivity index (χ1n) is 6.92. The third kappa shape index (κ3) is 4.70. The molecular formula is C17H18Cl2FN. The maximum atomic E-state index is 13.1. The molecule has 0 heterocycles. The molecule has 1 unspecified atom stereocenters. The van der Waals surface area contributed by atoms with E-state index in [9.17, 15) is 4.39 Å². The van der Waals surface area contributed by atoms with Crippen molar-refractivity contribution in [1.29, 1.82) is 0 Å². The van der Waals surface area contributed by atoms with Gasteiger partial charge in [-0.05, 0) is 61.7 Å². The quantitative estimate of drug-likeness (QED) is 0.807. The van der Waals surface area contributed by atoms with Gasteiger partial charge in [-0.15, -0.1) is 0 Å². The van der Waals surface area contributed by atoms with E-state index in [2.05, 4.69) is 5.32 Å². The number of hydrogen-bond acceptors (Lipinski definition) is 1. The third-order valence-corrected chi connectivity index (χ3v) is 4.20. The molecule has 1 atom stereocenters. The minimum atomic E-state index is -0.306. The average molecular weight is 326 g/mol. The van der Waals surface area contributed by atoms with Gasteiger partial charge in [-0.3, -0.25) is 0 Å². The van der Waals surface area contributed by atoms with E-state index < -0.39 is 0 Å². The SMILES string of the molecule is CNCC(Cc1ccccc1Cl)Cc1ccc(F)cc1Cl. The van der Waals surface area contributed by atoms with Crippen LogP contribution in [0.4, 0.5) is 4.39 Å². The molecule has 0 spiro atoms. The molecule has 0 saturated heterocycles. The molecule has 0 radical (unpaired) electrons. The second kappa shape index (κ2) is 7.79. The second-order valence-corrected chi connectivity index (χ2v) is 5.97. The van der Waals surface area contributed by atoms with E-state index >= 15 is 0 Å². The van der Waals surface area contributed by atoms with Gasteiger partial charge in [0.05, 0.1) is 0 Å². The molecule has 0 aromatic heterocycles. The molecule has 2 aromatic rings. The number of hydrogen-bond donors (Lipinski definition) is 1. The fourth-order valence-electron chi connectivity index (χ4n) is 2.48. The lowest BCUT2D eigenvalue weighted by atomic mass is 9.92. The van der Waals surface area contributed by atoms with Gasteiger partial charge in [0.1, 0.15) is 5.82 Å². The van der Waals surface area contributed by atoms with Crippen molar-refractivity contribution in [2.24, 2.45) is 5.92 Å². The summed E-state index contributed by atoms with van der Waals surface area (Å²) in [7, 11) is 1.92. The molecule has 112 valence electrons. The van der Waals surface area contributed by atoms with E-state index in [0.29, 0.717) is 10.9 Å². The Kier molecular flexibility index (Phi) is 6.04. The van der Waals surface area contributed by atoms with Gasteiger partial charge in [-0.1, -0.05) is 47.5 Å².